The number of hydrogen-bond acceptors (Lipinski definition) is 3. The zero-order valence-corrected chi connectivity index (χ0v) is 12.4. The quantitative estimate of drug-likeness (QED) is 0.503. The third kappa shape index (κ3) is 2.04. The number of hydrogen-bond donors (Lipinski definition) is 0. The van der Waals surface area contributed by atoms with Gasteiger partial charge < -0.3 is 5.11 Å². The Morgan fingerprint density at radius 1 is 1.37 bits per heavy atom. The minimum absolute atomic E-state index is 0.0795. The summed E-state index contributed by atoms with van der Waals surface area (Å²) in [5.41, 5.74) is 0.589. The highest BCUT2D eigenvalue weighted by Gasteiger charge is 2.12. The Morgan fingerprint density at radius 2 is 2.05 bits per heavy atom. The molecular formula is C13H9ClN2OS2. The summed E-state index contributed by atoms with van der Waals surface area (Å²) in [6.07, 6.45) is 3.75. The molecule has 1 aromatic carbocycles. The zero-order chi connectivity index (χ0) is 13.6. The van der Waals surface area contributed by atoms with Crippen LogP contribution >= 0.6 is 35.2 Å². The molecule has 2 aromatic heterocycles. The van der Waals surface area contributed by atoms with Gasteiger partial charge in [-0.2, -0.15) is 4.40 Å². The van der Waals surface area contributed by atoms with E-state index in [-0.39, 0.29) is 5.76 Å². The number of nitrogens with zero attached hydrogens (tertiary/aromatic N) is 2. The molecule has 0 saturated carbocycles. The fourth-order valence-corrected chi connectivity index (χ4v) is 3.37. The van der Waals surface area contributed by atoms with Crippen LogP contribution in [0.3, 0.4) is 0 Å². The molecule has 96 valence electrons. The highest BCUT2D eigenvalue weighted by Crippen LogP contribution is 2.13. The topological polar surface area (TPSA) is 31.3 Å². The molecule has 3 rings (SSSR count). The van der Waals surface area contributed by atoms with Gasteiger partial charge in [-0.25, -0.2) is 4.57 Å². The van der Waals surface area contributed by atoms with Crippen LogP contribution in [-0.4, -0.2) is 4.40 Å². The fraction of sp³-hybridized carbons (Fsp3) is 0.0769. The van der Waals surface area contributed by atoms with Crippen LogP contribution in [0.2, 0.25) is 5.02 Å². The maximum absolute atomic E-state index is 12.5. The van der Waals surface area contributed by atoms with E-state index < -0.39 is 0 Å². The zero-order valence-electron chi connectivity index (χ0n) is 9.96. The summed E-state index contributed by atoms with van der Waals surface area (Å²) in [5.74, 6) is -0.0795. The normalized spacial score (nSPS) is 12.9. The van der Waals surface area contributed by atoms with Crippen LogP contribution in [0, 0.1) is 3.82 Å². The SMILES string of the molecule is C[n+]1ccn2/c(=C(\[O-])c3ccc(Cl)cc3)c(=S)sc21. The Labute approximate surface area is 123 Å². The maximum atomic E-state index is 12.5. The van der Waals surface area contributed by atoms with Crippen molar-refractivity contribution in [3.05, 3.63) is 56.4 Å². The van der Waals surface area contributed by atoms with Gasteiger partial charge in [0.25, 0.3) is 0 Å². The lowest BCUT2D eigenvalue weighted by molar-refractivity contribution is -0.642. The predicted molar refractivity (Wildman–Crippen MR) is 76.5 cm³/mol. The van der Waals surface area contributed by atoms with E-state index in [1.165, 1.54) is 11.3 Å². The van der Waals surface area contributed by atoms with E-state index >= 15 is 0 Å². The molecular weight excluding hydrogens is 300 g/mol. The van der Waals surface area contributed by atoms with E-state index in [0.717, 1.165) is 4.96 Å². The van der Waals surface area contributed by atoms with E-state index in [1.807, 2.05) is 28.4 Å². The maximum Gasteiger partial charge on any atom is 0.347 e. The summed E-state index contributed by atoms with van der Waals surface area (Å²) in [6, 6.07) is 6.84. The molecule has 0 N–H and O–H groups in total. The molecule has 0 radical (unpaired) electrons. The van der Waals surface area contributed by atoms with Crippen LogP contribution in [0.5, 0.6) is 0 Å². The molecule has 0 aliphatic rings. The molecule has 0 fully saturated rings. The highest BCUT2D eigenvalue weighted by molar-refractivity contribution is 7.73. The van der Waals surface area contributed by atoms with Crippen molar-refractivity contribution < 1.29 is 9.67 Å². The Balaban J connectivity index is 2.38. The van der Waals surface area contributed by atoms with Gasteiger partial charge in [-0.05, 0) is 34.8 Å². The van der Waals surface area contributed by atoms with Crippen LogP contribution in [0.1, 0.15) is 5.56 Å². The van der Waals surface area contributed by atoms with Gasteiger partial charge >= 0.3 is 4.96 Å². The summed E-state index contributed by atoms with van der Waals surface area (Å²) in [6.45, 7) is 0. The molecule has 3 nitrogen and oxygen atoms in total. The number of aromatic nitrogens is 2. The number of rotatable bonds is 1. The van der Waals surface area contributed by atoms with Crippen LogP contribution in [-0.2, 0) is 7.05 Å². The molecule has 0 atom stereocenters. The van der Waals surface area contributed by atoms with E-state index in [4.69, 9.17) is 23.8 Å². The standard InChI is InChI=1S/C13H9ClN2OS2/c1-15-6-7-16-10(12(18)19-13(15)16)11(17)8-2-4-9(14)5-3-8/h2-7H,1H3. The molecule has 6 heteroatoms. The van der Waals surface area contributed by atoms with Gasteiger partial charge in [-0.1, -0.05) is 36.0 Å². The second kappa shape index (κ2) is 4.59. The first-order chi connectivity index (χ1) is 9.08. The van der Waals surface area contributed by atoms with Gasteiger partial charge in [-0.3, -0.25) is 0 Å². The van der Waals surface area contributed by atoms with E-state index in [9.17, 15) is 5.11 Å². The number of halogens is 1. The number of benzene rings is 1. The number of fused-ring (bicyclic) bond motifs is 1. The first-order valence-electron chi connectivity index (χ1n) is 5.54. The molecule has 0 amide bonds. The number of imidazole rings is 1. The average Bonchev–Trinajstić information content (AvgIpc) is 2.89. The number of thiazole rings is 1. The van der Waals surface area contributed by atoms with Crippen LogP contribution in [0.25, 0.3) is 10.7 Å². The lowest BCUT2D eigenvalue weighted by atomic mass is 10.2. The predicted octanol–water partition coefficient (Wildman–Crippen LogP) is 1.44. The molecule has 0 spiro atoms. The van der Waals surface area contributed by atoms with Gasteiger partial charge in [0.2, 0.25) is 0 Å². The molecule has 0 saturated heterocycles. The van der Waals surface area contributed by atoms with Crippen molar-refractivity contribution in [3.8, 4) is 0 Å². The molecule has 0 bridgehead atoms. The number of aryl methyl sites for hydroxylation is 1. The Hall–Kier alpha value is -1.43. The molecule has 0 unspecified atom stereocenters. The lowest BCUT2D eigenvalue weighted by Gasteiger charge is -2.09. The summed E-state index contributed by atoms with van der Waals surface area (Å²) in [7, 11) is 1.93. The summed E-state index contributed by atoms with van der Waals surface area (Å²) < 4.78 is 4.38. The smallest absolute Gasteiger partial charge is 0.347 e. The van der Waals surface area contributed by atoms with Gasteiger partial charge in [0, 0.05) is 5.02 Å². The first-order valence-corrected chi connectivity index (χ1v) is 7.15. The van der Waals surface area contributed by atoms with E-state index in [0.29, 0.717) is 19.8 Å². The van der Waals surface area contributed by atoms with Crippen molar-refractivity contribution in [1.82, 2.24) is 4.40 Å². The van der Waals surface area contributed by atoms with Gasteiger partial charge in [0.15, 0.2) is 5.35 Å². The third-order valence-electron chi connectivity index (χ3n) is 2.89. The van der Waals surface area contributed by atoms with Crippen molar-refractivity contribution in [3.63, 3.8) is 0 Å². The minimum atomic E-state index is -0.0795. The lowest BCUT2D eigenvalue weighted by Crippen LogP contribution is -2.26. The van der Waals surface area contributed by atoms with Crippen LogP contribution in [0.15, 0.2) is 36.7 Å². The summed E-state index contributed by atoms with van der Waals surface area (Å²) in [5, 5.41) is 13.7. The molecule has 0 aliphatic heterocycles. The van der Waals surface area contributed by atoms with E-state index in [2.05, 4.69) is 0 Å². The van der Waals surface area contributed by atoms with E-state index in [1.54, 1.807) is 24.3 Å². The molecule has 19 heavy (non-hydrogen) atoms. The van der Waals surface area contributed by atoms with Crippen LogP contribution in [0.4, 0.5) is 0 Å². The molecule has 3 aromatic rings. The van der Waals surface area contributed by atoms with Gasteiger partial charge in [0.05, 0.1) is 7.05 Å². The van der Waals surface area contributed by atoms with Crippen molar-refractivity contribution in [1.29, 1.82) is 0 Å². The van der Waals surface area contributed by atoms with Crippen molar-refractivity contribution in [2.75, 3.05) is 0 Å². The Bertz CT molecular complexity index is 865. The monoisotopic (exact) mass is 308 g/mol. The fourth-order valence-electron chi connectivity index (χ4n) is 1.93. The second-order valence-corrected chi connectivity index (χ2v) is 6.22. The highest BCUT2D eigenvalue weighted by atomic mass is 35.5. The molecule has 0 aliphatic carbocycles. The molecule has 2 heterocycles. The van der Waals surface area contributed by atoms with Crippen molar-refractivity contribution in [2.45, 2.75) is 0 Å². The Morgan fingerprint density at radius 3 is 2.74 bits per heavy atom. The largest absolute Gasteiger partial charge is 0.869 e. The first kappa shape index (κ1) is 12.6. The summed E-state index contributed by atoms with van der Waals surface area (Å²) >= 11 is 12.6. The van der Waals surface area contributed by atoms with Crippen LogP contribution < -0.4 is 15.0 Å². The summed E-state index contributed by atoms with van der Waals surface area (Å²) in [4.78, 5) is 0.947. The average molecular weight is 309 g/mol. The van der Waals surface area contributed by atoms with Crippen molar-refractivity contribution >= 4 is 45.9 Å². The van der Waals surface area contributed by atoms with Gasteiger partial charge in [0.1, 0.15) is 16.2 Å². The third-order valence-corrected chi connectivity index (χ3v) is 4.63. The van der Waals surface area contributed by atoms with Crippen molar-refractivity contribution in [2.24, 2.45) is 7.05 Å². The minimum Gasteiger partial charge on any atom is -0.869 e. The second-order valence-electron chi connectivity index (χ2n) is 4.14. The van der Waals surface area contributed by atoms with Gasteiger partial charge in [-0.15, -0.1) is 0 Å². The Kier molecular flexibility index (Phi) is 3.05.